The van der Waals surface area contributed by atoms with Gasteiger partial charge in [-0.25, -0.2) is 35.4 Å². The van der Waals surface area contributed by atoms with Crippen molar-refractivity contribution in [1.82, 2.24) is 35.2 Å². The highest BCUT2D eigenvalue weighted by molar-refractivity contribution is 7.93. The number of aromatic nitrogens is 5. The zero-order valence-electron chi connectivity index (χ0n) is 38.3. The summed E-state index contributed by atoms with van der Waals surface area (Å²) in [6.07, 6.45) is -11.7. The summed E-state index contributed by atoms with van der Waals surface area (Å²) in [6.45, 7) is -0.878. The number of nitrogens with one attached hydrogen (secondary N) is 2. The molecule has 0 bridgehead atoms. The number of carbonyl (C=O) groups excluding carboxylic acids is 2. The van der Waals surface area contributed by atoms with E-state index >= 15 is 8.78 Å². The normalized spacial score (nSPS) is 15.7. The van der Waals surface area contributed by atoms with Gasteiger partial charge in [0.25, 0.3) is 5.92 Å². The number of fused-ring (bicyclic) bond motifs is 2. The molecule has 3 heterocycles. The van der Waals surface area contributed by atoms with Crippen LogP contribution in [0.3, 0.4) is 0 Å². The Bertz CT molecular complexity index is 3370. The number of sulfonamides is 1. The van der Waals surface area contributed by atoms with Crippen molar-refractivity contribution in [1.29, 1.82) is 0 Å². The van der Waals surface area contributed by atoms with Crippen molar-refractivity contribution in [2.45, 2.75) is 75.8 Å². The SMILES string of the molecule is C[C@@H]1Cc2c(C(F)(F)F)nn(CC(=O)N[C@@H](Cc3cc(F)cc(F)c3)c3nc(C#CC(C)(C)S(C)(=O)=O)ccc3-c3ccc(Cl)c4c(N(C(=O)NCCP(=O)(O)O)S(C)(=O)=O)nn(CC(F)(F)F)c34)c2C1(F)F. The molecule has 0 fully saturated rings. The largest absolute Gasteiger partial charge is 0.435 e. The molecule has 3 amide bonds. The van der Waals surface area contributed by atoms with Crippen LogP contribution < -0.4 is 14.9 Å². The van der Waals surface area contributed by atoms with Crippen molar-refractivity contribution in [3.63, 3.8) is 0 Å². The van der Waals surface area contributed by atoms with E-state index in [4.69, 9.17) is 11.6 Å². The van der Waals surface area contributed by atoms with E-state index in [2.05, 4.69) is 32.3 Å². The fraction of sp³-hybridized carbons (Fsp3) is 0.405. The second-order valence-corrected chi connectivity index (χ2v) is 24.0. The van der Waals surface area contributed by atoms with Gasteiger partial charge in [-0.15, -0.1) is 0 Å². The summed E-state index contributed by atoms with van der Waals surface area (Å²) in [5.41, 5.74) is -6.50. The molecule has 73 heavy (non-hydrogen) atoms. The van der Waals surface area contributed by atoms with E-state index in [9.17, 15) is 75.9 Å². The predicted molar refractivity (Wildman–Crippen MR) is 242 cm³/mol. The lowest BCUT2D eigenvalue weighted by Gasteiger charge is -2.23. The smallest absolute Gasteiger partial charge is 0.346 e. The number of alkyl halides is 8. The maximum atomic E-state index is 15.5. The summed E-state index contributed by atoms with van der Waals surface area (Å²) in [5, 5.41) is 10.2. The predicted octanol–water partition coefficient (Wildman–Crippen LogP) is 7.02. The van der Waals surface area contributed by atoms with Crippen LogP contribution in [0, 0.1) is 29.4 Å². The average Bonchev–Trinajstić information content (AvgIpc) is 3.83. The zero-order chi connectivity index (χ0) is 54.8. The lowest BCUT2D eigenvalue weighted by molar-refractivity contribution is -0.143. The number of sulfone groups is 1. The van der Waals surface area contributed by atoms with Crippen molar-refractivity contribution < 1.29 is 84.7 Å². The Hall–Kier alpha value is -5.79. The van der Waals surface area contributed by atoms with E-state index in [1.54, 1.807) is 0 Å². The molecule has 396 valence electrons. The van der Waals surface area contributed by atoms with Crippen LogP contribution in [-0.4, -0.2) is 99.2 Å². The van der Waals surface area contributed by atoms with Crippen LogP contribution in [0.5, 0.6) is 0 Å². The van der Waals surface area contributed by atoms with Gasteiger partial charge >= 0.3 is 26.0 Å². The molecule has 5 aromatic rings. The summed E-state index contributed by atoms with van der Waals surface area (Å²) < 4.78 is 208. The minimum absolute atomic E-state index is 0.134. The Morgan fingerprint density at radius 3 is 2.15 bits per heavy atom. The molecule has 6 rings (SSSR count). The van der Waals surface area contributed by atoms with Crippen molar-refractivity contribution >= 4 is 67.7 Å². The van der Waals surface area contributed by atoms with Gasteiger partial charge in [0.1, 0.15) is 40.9 Å². The van der Waals surface area contributed by atoms with E-state index in [1.807, 2.05) is 5.32 Å². The zero-order valence-corrected chi connectivity index (χ0v) is 41.6. The van der Waals surface area contributed by atoms with Crippen LogP contribution in [0.2, 0.25) is 5.02 Å². The molecule has 1 aliphatic rings. The first-order valence-electron chi connectivity index (χ1n) is 20.9. The van der Waals surface area contributed by atoms with E-state index in [1.165, 1.54) is 13.8 Å². The van der Waals surface area contributed by atoms with Gasteiger partial charge in [0.05, 0.1) is 40.1 Å². The maximum absolute atomic E-state index is 15.5. The minimum atomic E-state index is -5.27. The minimum Gasteiger partial charge on any atom is -0.346 e. The Morgan fingerprint density at radius 2 is 1.59 bits per heavy atom. The van der Waals surface area contributed by atoms with E-state index < -0.39 is 175 Å². The quantitative estimate of drug-likeness (QED) is 0.0499. The lowest BCUT2D eigenvalue weighted by Crippen LogP contribution is -2.44. The van der Waals surface area contributed by atoms with Gasteiger partial charge in [-0.3, -0.25) is 18.7 Å². The van der Waals surface area contributed by atoms with E-state index in [0.717, 1.165) is 49.6 Å². The molecular weight excluding hydrogens is 1080 g/mol. The third-order valence-electron chi connectivity index (χ3n) is 11.3. The average molecular weight is 1120 g/mol. The van der Waals surface area contributed by atoms with Crippen LogP contribution >= 0.6 is 19.2 Å². The van der Waals surface area contributed by atoms with Crippen molar-refractivity contribution in [3.8, 4) is 23.0 Å². The molecule has 1 aliphatic carbocycles. The van der Waals surface area contributed by atoms with Crippen molar-refractivity contribution in [2.75, 3.05) is 29.5 Å². The van der Waals surface area contributed by atoms with Crippen LogP contribution in [0.15, 0.2) is 42.5 Å². The summed E-state index contributed by atoms with van der Waals surface area (Å²) in [7, 11) is -13.7. The molecule has 0 spiro atoms. The van der Waals surface area contributed by atoms with Crippen LogP contribution in [-0.2, 0) is 67.3 Å². The molecule has 2 atom stereocenters. The highest BCUT2D eigenvalue weighted by Gasteiger charge is 2.54. The van der Waals surface area contributed by atoms with Gasteiger partial charge in [0.2, 0.25) is 15.9 Å². The van der Waals surface area contributed by atoms with Crippen molar-refractivity contribution in [2.24, 2.45) is 5.92 Å². The third kappa shape index (κ3) is 12.6. The van der Waals surface area contributed by atoms with E-state index in [0.29, 0.717) is 12.3 Å². The Labute approximate surface area is 413 Å². The van der Waals surface area contributed by atoms with Crippen molar-refractivity contribution in [3.05, 3.63) is 93.0 Å². The highest BCUT2D eigenvalue weighted by Crippen LogP contribution is 2.50. The highest BCUT2D eigenvalue weighted by atomic mass is 35.5. The molecule has 0 unspecified atom stereocenters. The number of nitrogens with zero attached hydrogens (tertiary/aromatic N) is 6. The van der Waals surface area contributed by atoms with Gasteiger partial charge < -0.3 is 20.4 Å². The molecule has 0 radical (unpaired) electrons. The van der Waals surface area contributed by atoms with E-state index in [-0.39, 0.29) is 30.5 Å². The molecule has 3 aromatic heterocycles. The molecular formula is C42H40ClF10N8O9PS2. The van der Waals surface area contributed by atoms with Gasteiger partial charge in [0.15, 0.2) is 21.3 Å². The number of rotatable bonds is 14. The monoisotopic (exact) mass is 1120 g/mol. The number of hydrogen-bond acceptors (Lipinski definition) is 10. The number of carbonyl (C=O) groups is 2. The van der Waals surface area contributed by atoms with Gasteiger partial charge in [-0.2, -0.15) is 49.6 Å². The molecule has 17 nitrogen and oxygen atoms in total. The lowest BCUT2D eigenvalue weighted by atomic mass is 9.93. The fourth-order valence-electron chi connectivity index (χ4n) is 7.67. The maximum Gasteiger partial charge on any atom is 0.435 e. The molecule has 0 saturated carbocycles. The standard InChI is InChI=1S/C42H40ClF10N8O9PS2/c1-21-14-28-35(42(51,52)53)57-59(36(28)41(21,49)50)19-31(62)56-30(17-22-15-23(44)18-24(45)16-22)33-26(7-6-25(55-33)10-11-39(2,3)72(4,67)68)27-8-9-29(43)32-34(27)60(20-40(46,47)48)58-37(32)61(73(5,69)70)38(63)54-12-13-71(64,65)66/h6-9,15-16,18,21,30H,12-14,17,19-20H2,1-5H3,(H,54,63)(H,56,62)(H2,64,65,66)/t21-,30+/m1/s1. The summed E-state index contributed by atoms with van der Waals surface area (Å²) >= 11 is 6.57. The number of halogens is 11. The number of anilines is 1. The molecule has 4 N–H and O–H groups in total. The first-order chi connectivity index (χ1) is 33.3. The Balaban J connectivity index is 1.65. The number of urea groups is 1. The number of hydrogen-bond donors (Lipinski definition) is 4. The Kier molecular flexibility index (Phi) is 15.3. The topological polar surface area (TPSA) is 236 Å². The second kappa shape index (κ2) is 19.8. The first-order valence-corrected chi connectivity index (χ1v) is 26.8. The fourth-order valence-corrected chi connectivity index (χ4v) is 9.35. The third-order valence-corrected chi connectivity index (χ3v) is 15.3. The molecule has 0 aliphatic heterocycles. The number of amides is 3. The summed E-state index contributed by atoms with van der Waals surface area (Å²) in [5.74, 6) is -5.42. The summed E-state index contributed by atoms with van der Waals surface area (Å²) in [6, 6.07) is 2.72. The molecule has 0 saturated heterocycles. The number of pyridine rings is 1. The number of benzene rings is 2. The van der Waals surface area contributed by atoms with Gasteiger partial charge in [-0.1, -0.05) is 30.5 Å². The van der Waals surface area contributed by atoms with Gasteiger partial charge in [0, 0.05) is 41.5 Å². The second-order valence-electron chi connectivity index (χ2n) is 17.4. The molecule has 31 heteroatoms. The molecule has 2 aromatic carbocycles. The first kappa shape index (κ1) is 56.5. The summed E-state index contributed by atoms with van der Waals surface area (Å²) in [4.78, 5) is 50.7. The Morgan fingerprint density at radius 1 is 0.973 bits per heavy atom. The van der Waals surface area contributed by atoms with Gasteiger partial charge in [-0.05, 0) is 68.5 Å². The van der Waals surface area contributed by atoms with Crippen LogP contribution in [0.1, 0.15) is 60.7 Å². The van der Waals surface area contributed by atoms with Crippen LogP contribution in [0.25, 0.3) is 22.0 Å². The van der Waals surface area contributed by atoms with Crippen LogP contribution in [0.4, 0.5) is 54.5 Å².